The van der Waals surface area contributed by atoms with Crippen LogP contribution in [0.1, 0.15) is 12.5 Å². The minimum atomic E-state index is -1.45. The fourth-order valence-electron chi connectivity index (χ4n) is 1.18. The zero-order chi connectivity index (χ0) is 11.4. The van der Waals surface area contributed by atoms with E-state index in [-0.39, 0.29) is 5.48 Å². The number of aliphatic carboxylic acids is 2. The van der Waals surface area contributed by atoms with Crippen molar-refractivity contribution in [2.45, 2.75) is 12.5 Å². The van der Waals surface area contributed by atoms with Gasteiger partial charge in [-0.1, -0.05) is 0 Å². The highest BCUT2D eigenvalue weighted by Gasteiger charge is 2.23. The molecule has 0 aliphatic heterocycles. The van der Waals surface area contributed by atoms with E-state index in [1.807, 2.05) is 0 Å². The summed E-state index contributed by atoms with van der Waals surface area (Å²) in [6.45, 7) is 0. The molecule has 16 heavy (non-hydrogen) atoms. The number of aromatic nitrogens is 1. The first-order valence-corrected chi connectivity index (χ1v) is 4.19. The maximum Gasteiger partial charge on any atom is 0.310 e. The molecule has 0 spiro atoms. The Bertz CT molecular complexity index is 393. The number of carbonyl (C=O) groups excluding carboxylic acids is 1. The topological polar surface area (TPSA) is 139 Å². The van der Waals surface area contributed by atoms with E-state index in [0.717, 1.165) is 0 Å². The van der Waals surface area contributed by atoms with E-state index in [1.54, 1.807) is 6.07 Å². The van der Waals surface area contributed by atoms with Gasteiger partial charge in [0.05, 0.1) is 5.69 Å². The number of nitrogens with two attached hydrogens (primary N) is 1. The summed E-state index contributed by atoms with van der Waals surface area (Å²) in [5.41, 5.74) is 5.80. The molecule has 7 heteroatoms. The SMILES string of the molecule is Nc1ccc[n+]([C@@H](CC(=O)O)C(=O)[O-])c1.O. The van der Waals surface area contributed by atoms with Crippen LogP contribution < -0.4 is 15.4 Å². The fourth-order valence-corrected chi connectivity index (χ4v) is 1.18. The highest BCUT2D eigenvalue weighted by Crippen LogP contribution is 2.03. The number of carboxylic acid groups (broad SMARTS) is 2. The molecule has 0 fully saturated rings. The van der Waals surface area contributed by atoms with Crippen LogP contribution >= 0.6 is 0 Å². The summed E-state index contributed by atoms with van der Waals surface area (Å²) in [4.78, 5) is 21.1. The number of carbonyl (C=O) groups is 2. The Morgan fingerprint density at radius 1 is 1.56 bits per heavy atom. The molecule has 1 aromatic heterocycles. The van der Waals surface area contributed by atoms with Gasteiger partial charge in [-0.25, -0.2) is 0 Å². The molecule has 0 amide bonds. The summed E-state index contributed by atoms with van der Waals surface area (Å²) in [5.74, 6) is -2.66. The first-order valence-electron chi connectivity index (χ1n) is 4.19. The molecule has 0 saturated heterocycles. The van der Waals surface area contributed by atoms with Crippen molar-refractivity contribution in [3.63, 3.8) is 0 Å². The monoisotopic (exact) mass is 228 g/mol. The molecule has 1 heterocycles. The smallest absolute Gasteiger partial charge is 0.310 e. The lowest BCUT2D eigenvalue weighted by atomic mass is 10.2. The Labute approximate surface area is 91.1 Å². The van der Waals surface area contributed by atoms with Crippen molar-refractivity contribution in [1.29, 1.82) is 0 Å². The second-order valence-electron chi connectivity index (χ2n) is 3.02. The van der Waals surface area contributed by atoms with E-state index in [9.17, 15) is 14.7 Å². The third kappa shape index (κ3) is 3.54. The first-order chi connectivity index (χ1) is 7.00. The van der Waals surface area contributed by atoms with E-state index in [2.05, 4.69) is 0 Å². The van der Waals surface area contributed by atoms with Gasteiger partial charge in [-0.05, 0) is 6.07 Å². The van der Waals surface area contributed by atoms with E-state index < -0.39 is 24.4 Å². The average Bonchev–Trinajstić information content (AvgIpc) is 2.13. The van der Waals surface area contributed by atoms with Crippen LogP contribution in [0, 0.1) is 0 Å². The van der Waals surface area contributed by atoms with Crippen LogP contribution in [-0.4, -0.2) is 22.5 Å². The highest BCUT2D eigenvalue weighted by atomic mass is 16.4. The molecule has 0 bridgehead atoms. The second-order valence-corrected chi connectivity index (χ2v) is 3.02. The molecule has 7 nitrogen and oxygen atoms in total. The number of carboxylic acids is 2. The van der Waals surface area contributed by atoms with Crippen molar-refractivity contribution < 1.29 is 29.8 Å². The van der Waals surface area contributed by atoms with Gasteiger partial charge in [0.2, 0.25) is 6.04 Å². The molecule has 1 aromatic rings. The Morgan fingerprint density at radius 3 is 2.62 bits per heavy atom. The molecular formula is C9H12N2O5. The molecule has 5 N–H and O–H groups in total. The van der Waals surface area contributed by atoms with E-state index >= 15 is 0 Å². The zero-order valence-corrected chi connectivity index (χ0v) is 8.29. The lowest BCUT2D eigenvalue weighted by Crippen LogP contribution is -2.50. The van der Waals surface area contributed by atoms with E-state index in [1.165, 1.54) is 23.0 Å². The lowest BCUT2D eigenvalue weighted by molar-refractivity contribution is -0.714. The molecule has 88 valence electrons. The number of hydrogen-bond acceptors (Lipinski definition) is 4. The van der Waals surface area contributed by atoms with Crippen LogP contribution in [0.4, 0.5) is 5.69 Å². The van der Waals surface area contributed by atoms with Crippen molar-refractivity contribution in [2.24, 2.45) is 0 Å². The quantitative estimate of drug-likeness (QED) is 0.548. The summed E-state index contributed by atoms with van der Waals surface area (Å²) < 4.78 is 1.21. The van der Waals surface area contributed by atoms with Crippen molar-refractivity contribution in [2.75, 3.05) is 5.73 Å². The minimum Gasteiger partial charge on any atom is -0.543 e. The van der Waals surface area contributed by atoms with Gasteiger partial charge in [0.15, 0.2) is 12.4 Å². The van der Waals surface area contributed by atoms with Gasteiger partial charge < -0.3 is 26.2 Å². The van der Waals surface area contributed by atoms with Gasteiger partial charge in [0, 0.05) is 6.07 Å². The molecular weight excluding hydrogens is 216 g/mol. The second kappa shape index (κ2) is 5.66. The van der Waals surface area contributed by atoms with Gasteiger partial charge in [-0.2, -0.15) is 4.57 Å². The van der Waals surface area contributed by atoms with E-state index in [4.69, 9.17) is 10.8 Å². The largest absolute Gasteiger partial charge is 0.543 e. The maximum atomic E-state index is 10.7. The molecule has 0 unspecified atom stereocenters. The van der Waals surface area contributed by atoms with Gasteiger partial charge >= 0.3 is 5.97 Å². The predicted octanol–water partition coefficient (Wildman–Crippen LogP) is -2.50. The van der Waals surface area contributed by atoms with Crippen LogP contribution in [0.3, 0.4) is 0 Å². The Hall–Kier alpha value is -2.15. The summed E-state index contributed by atoms with van der Waals surface area (Å²) >= 11 is 0. The van der Waals surface area contributed by atoms with E-state index in [0.29, 0.717) is 5.69 Å². The zero-order valence-electron chi connectivity index (χ0n) is 8.29. The number of hydrogen-bond donors (Lipinski definition) is 2. The number of anilines is 1. The summed E-state index contributed by atoms with van der Waals surface area (Å²) in [5, 5.41) is 19.2. The number of nitrogen functional groups attached to an aromatic ring is 1. The number of rotatable bonds is 4. The third-order valence-corrected chi connectivity index (χ3v) is 1.84. The van der Waals surface area contributed by atoms with Crippen molar-refractivity contribution in [3.8, 4) is 0 Å². The standard InChI is InChI=1S/C9H10N2O4.H2O/c10-6-2-1-3-11(5-6)7(9(14)15)4-8(12)13;/h1-3,5,7H,4,10H2,(H-,12,13,14,15);1H2/t7-;/m0./s1. The predicted molar refractivity (Wildman–Crippen MR) is 51.0 cm³/mol. The molecule has 0 aromatic carbocycles. The summed E-state index contributed by atoms with van der Waals surface area (Å²) in [7, 11) is 0. The van der Waals surface area contributed by atoms with Crippen LogP contribution in [0.2, 0.25) is 0 Å². The van der Waals surface area contributed by atoms with Gasteiger partial charge in [0.1, 0.15) is 12.4 Å². The Kier molecular flexibility index (Phi) is 4.90. The lowest BCUT2D eigenvalue weighted by Gasteiger charge is -2.10. The molecule has 1 rings (SSSR count). The van der Waals surface area contributed by atoms with Crippen LogP contribution in [0.15, 0.2) is 24.5 Å². The normalized spacial score (nSPS) is 11.2. The first kappa shape index (κ1) is 13.8. The minimum absolute atomic E-state index is 0. The molecule has 0 radical (unpaired) electrons. The van der Waals surface area contributed by atoms with Crippen molar-refractivity contribution >= 4 is 17.6 Å². The van der Waals surface area contributed by atoms with Gasteiger partial charge in [0.25, 0.3) is 0 Å². The average molecular weight is 228 g/mol. The fraction of sp³-hybridized carbons (Fsp3) is 0.222. The van der Waals surface area contributed by atoms with Gasteiger partial charge in [-0.3, -0.25) is 4.79 Å². The third-order valence-electron chi connectivity index (χ3n) is 1.84. The number of nitrogens with zero attached hydrogens (tertiary/aromatic N) is 1. The highest BCUT2D eigenvalue weighted by molar-refractivity contribution is 5.76. The summed E-state index contributed by atoms with van der Waals surface area (Å²) in [6.07, 6.45) is 2.24. The number of pyridine rings is 1. The molecule has 0 aliphatic carbocycles. The molecule has 0 aliphatic rings. The molecule has 0 saturated carbocycles. The van der Waals surface area contributed by atoms with Crippen LogP contribution in [0.25, 0.3) is 0 Å². The van der Waals surface area contributed by atoms with Crippen LogP contribution in [-0.2, 0) is 9.59 Å². The molecule has 1 atom stereocenters. The van der Waals surface area contributed by atoms with Crippen molar-refractivity contribution in [3.05, 3.63) is 24.5 Å². The maximum absolute atomic E-state index is 10.7. The van der Waals surface area contributed by atoms with Gasteiger partial charge in [-0.15, -0.1) is 0 Å². The Morgan fingerprint density at radius 2 is 2.19 bits per heavy atom. The van der Waals surface area contributed by atoms with Crippen LogP contribution in [0.5, 0.6) is 0 Å². The Balaban J connectivity index is 0.00000225. The van der Waals surface area contributed by atoms with Crippen molar-refractivity contribution in [1.82, 2.24) is 0 Å². The summed E-state index contributed by atoms with van der Waals surface area (Å²) in [6, 6.07) is 1.86.